The predicted molar refractivity (Wildman–Crippen MR) is 128 cm³/mol. The van der Waals surface area contributed by atoms with Crippen molar-refractivity contribution in [2.24, 2.45) is 0 Å². The molecule has 2 aromatic rings. The third kappa shape index (κ3) is 5.95. The van der Waals surface area contributed by atoms with E-state index >= 15 is 0 Å². The molecular weight excluding hydrogens is 416 g/mol. The number of carbonyl (C=O) groups is 2. The van der Waals surface area contributed by atoms with E-state index in [2.05, 4.69) is 24.3 Å². The number of ether oxygens (including phenoxy) is 2. The van der Waals surface area contributed by atoms with Crippen LogP contribution in [0.2, 0.25) is 0 Å². The predicted octanol–water partition coefficient (Wildman–Crippen LogP) is 5.41. The van der Waals surface area contributed by atoms with E-state index < -0.39 is 5.60 Å². The molecular formula is C27H32N2O4. The van der Waals surface area contributed by atoms with E-state index in [0.29, 0.717) is 26.2 Å². The Morgan fingerprint density at radius 1 is 0.909 bits per heavy atom. The van der Waals surface area contributed by atoms with Crippen LogP contribution in [0.15, 0.2) is 54.6 Å². The normalized spacial score (nSPS) is 16.0. The Kier molecular flexibility index (Phi) is 6.72. The van der Waals surface area contributed by atoms with Crippen LogP contribution in [-0.2, 0) is 29.0 Å². The number of benzene rings is 2. The van der Waals surface area contributed by atoms with Crippen molar-refractivity contribution in [2.45, 2.75) is 52.4 Å². The molecule has 0 fully saturated rings. The second-order valence-electron chi connectivity index (χ2n) is 9.60. The molecule has 174 valence electrons. The SMILES string of the molecule is CC(C)(C)OC(=O)N1CC=C(c2ccc3c(c2)CCN(C(=O)OCc2ccccc2)C3)CC1. The van der Waals surface area contributed by atoms with Crippen LogP contribution in [-0.4, -0.2) is 47.2 Å². The highest BCUT2D eigenvalue weighted by Gasteiger charge is 2.25. The fourth-order valence-electron chi connectivity index (χ4n) is 4.14. The van der Waals surface area contributed by atoms with Crippen molar-refractivity contribution < 1.29 is 19.1 Å². The summed E-state index contributed by atoms with van der Waals surface area (Å²) < 4.78 is 11.0. The summed E-state index contributed by atoms with van der Waals surface area (Å²) >= 11 is 0. The maximum atomic E-state index is 12.5. The Labute approximate surface area is 195 Å². The van der Waals surface area contributed by atoms with Gasteiger partial charge in [-0.1, -0.05) is 54.6 Å². The zero-order chi connectivity index (χ0) is 23.4. The average molecular weight is 449 g/mol. The topological polar surface area (TPSA) is 59.1 Å². The fourth-order valence-corrected chi connectivity index (χ4v) is 4.14. The van der Waals surface area contributed by atoms with Gasteiger partial charge in [0.05, 0.1) is 0 Å². The second kappa shape index (κ2) is 9.69. The highest BCUT2D eigenvalue weighted by atomic mass is 16.6. The van der Waals surface area contributed by atoms with Crippen molar-refractivity contribution >= 4 is 17.8 Å². The van der Waals surface area contributed by atoms with E-state index in [0.717, 1.165) is 24.0 Å². The van der Waals surface area contributed by atoms with Crippen LogP contribution >= 0.6 is 0 Å². The number of fused-ring (bicyclic) bond motifs is 1. The second-order valence-corrected chi connectivity index (χ2v) is 9.60. The first kappa shape index (κ1) is 22.9. The highest BCUT2D eigenvalue weighted by molar-refractivity contribution is 5.73. The van der Waals surface area contributed by atoms with Crippen LogP contribution < -0.4 is 0 Å². The lowest BCUT2D eigenvalue weighted by Crippen LogP contribution is -2.39. The van der Waals surface area contributed by atoms with Crippen LogP contribution in [0.25, 0.3) is 5.57 Å². The molecule has 0 aliphatic carbocycles. The van der Waals surface area contributed by atoms with Crippen LogP contribution in [0.4, 0.5) is 9.59 Å². The van der Waals surface area contributed by atoms with Crippen LogP contribution in [0.5, 0.6) is 0 Å². The summed E-state index contributed by atoms with van der Waals surface area (Å²) in [6.45, 7) is 8.36. The van der Waals surface area contributed by atoms with Gasteiger partial charge in [0.25, 0.3) is 0 Å². The fraction of sp³-hybridized carbons (Fsp3) is 0.407. The molecule has 0 saturated heterocycles. The van der Waals surface area contributed by atoms with E-state index in [1.807, 2.05) is 51.1 Å². The van der Waals surface area contributed by atoms with Gasteiger partial charge in [-0.05, 0) is 61.4 Å². The van der Waals surface area contributed by atoms with Crippen LogP contribution in [0.3, 0.4) is 0 Å². The molecule has 4 rings (SSSR count). The van der Waals surface area contributed by atoms with Gasteiger partial charge in [0, 0.05) is 26.2 Å². The minimum absolute atomic E-state index is 0.262. The molecule has 2 aliphatic heterocycles. The Balaban J connectivity index is 1.34. The van der Waals surface area contributed by atoms with Crippen molar-refractivity contribution in [1.82, 2.24) is 9.80 Å². The number of rotatable bonds is 3. The Bertz CT molecular complexity index is 1040. The molecule has 0 atom stereocenters. The van der Waals surface area contributed by atoms with Gasteiger partial charge in [-0.2, -0.15) is 0 Å². The summed E-state index contributed by atoms with van der Waals surface area (Å²) in [7, 11) is 0. The Morgan fingerprint density at radius 3 is 2.36 bits per heavy atom. The molecule has 33 heavy (non-hydrogen) atoms. The molecule has 0 aromatic heterocycles. The molecule has 0 spiro atoms. The summed E-state index contributed by atoms with van der Waals surface area (Å²) in [5, 5.41) is 0. The monoisotopic (exact) mass is 448 g/mol. The lowest BCUT2D eigenvalue weighted by Gasteiger charge is -2.30. The molecule has 0 N–H and O–H groups in total. The minimum atomic E-state index is -0.485. The highest BCUT2D eigenvalue weighted by Crippen LogP contribution is 2.28. The lowest BCUT2D eigenvalue weighted by molar-refractivity contribution is 0.0270. The summed E-state index contributed by atoms with van der Waals surface area (Å²) in [6, 6.07) is 16.2. The largest absolute Gasteiger partial charge is 0.445 e. The molecule has 2 heterocycles. The van der Waals surface area contributed by atoms with E-state index in [4.69, 9.17) is 9.47 Å². The average Bonchev–Trinajstić information content (AvgIpc) is 2.81. The molecule has 2 aromatic carbocycles. The summed E-state index contributed by atoms with van der Waals surface area (Å²) in [5.74, 6) is 0. The van der Waals surface area contributed by atoms with Crippen molar-refractivity contribution in [3.8, 4) is 0 Å². The third-order valence-electron chi connectivity index (χ3n) is 5.91. The van der Waals surface area contributed by atoms with Crippen molar-refractivity contribution in [3.63, 3.8) is 0 Å². The maximum Gasteiger partial charge on any atom is 0.410 e. The standard InChI is InChI=1S/C27H32N2O4/c1-27(2,3)33-26(31)28-14-11-21(12-15-28)22-9-10-24-18-29(16-13-23(24)17-22)25(30)32-19-20-7-5-4-6-8-20/h4-11,17H,12-16,18-19H2,1-3H3. The maximum absolute atomic E-state index is 12.5. The van der Waals surface area contributed by atoms with Crippen molar-refractivity contribution in [2.75, 3.05) is 19.6 Å². The first-order valence-corrected chi connectivity index (χ1v) is 11.5. The number of nitrogens with zero attached hydrogens (tertiary/aromatic N) is 2. The molecule has 2 amide bonds. The Hall–Kier alpha value is -3.28. The van der Waals surface area contributed by atoms with Crippen LogP contribution in [0, 0.1) is 0 Å². The number of hydrogen-bond acceptors (Lipinski definition) is 4. The zero-order valence-electron chi connectivity index (χ0n) is 19.7. The zero-order valence-corrected chi connectivity index (χ0v) is 19.7. The summed E-state index contributed by atoms with van der Waals surface area (Å²) in [6.07, 6.45) is 3.19. The van der Waals surface area contributed by atoms with Gasteiger partial charge in [-0.25, -0.2) is 9.59 Å². The number of carbonyl (C=O) groups excluding carboxylic acids is 2. The number of amides is 2. The van der Waals surface area contributed by atoms with Gasteiger partial charge in [0.2, 0.25) is 0 Å². The quantitative estimate of drug-likeness (QED) is 0.630. The van der Waals surface area contributed by atoms with Gasteiger partial charge in [0.1, 0.15) is 12.2 Å². The van der Waals surface area contributed by atoms with Crippen LogP contribution in [0.1, 0.15) is 49.4 Å². The van der Waals surface area contributed by atoms with Gasteiger partial charge in [0.15, 0.2) is 0 Å². The minimum Gasteiger partial charge on any atom is -0.445 e. The molecule has 6 heteroatoms. The molecule has 2 aliphatic rings. The first-order valence-electron chi connectivity index (χ1n) is 11.5. The van der Waals surface area contributed by atoms with Crippen molar-refractivity contribution in [3.05, 3.63) is 76.9 Å². The molecule has 0 saturated carbocycles. The third-order valence-corrected chi connectivity index (χ3v) is 5.91. The van der Waals surface area contributed by atoms with Gasteiger partial charge in [-0.3, -0.25) is 0 Å². The smallest absolute Gasteiger partial charge is 0.410 e. The van der Waals surface area contributed by atoms with Crippen molar-refractivity contribution in [1.29, 1.82) is 0 Å². The van der Waals surface area contributed by atoms with Gasteiger partial charge in [-0.15, -0.1) is 0 Å². The lowest BCUT2D eigenvalue weighted by atomic mass is 9.92. The first-order chi connectivity index (χ1) is 15.8. The number of hydrogen-bond donors (Lipinski definition) is 0. The summed E-state index contributed by atoms with van der Waals surface area (Å²) in [5.41, 5.74) is 5.38. The van der Waals surface area contributed by atoms with Gasteiger partial charge < -0.3 is 19.3 Å². The van der Waals surface area contributed by atoms with E-state index in [-0.39, 0.29) is 18.8 Å². The molecule has 0 unspecified atom stereocenters. The molecule has 0 radical (unpaired) electrons. The van der Waals surface area contributed by atoms with E-state index in [1.165, 1.54) is 16.7 Å². The van der Waals surface area contributed by atoms with Gasteiger partial charge >= 0.3 is 12.2 Å². The molecule has 0 bridgehead atoms. The summed E-state index contributed by atoms with van der Waals surface area (Å²) in [4.78, 5) is 28.3. The Morgan fingerprint density at radius 2 is 1.67 bits per heavy atom. The van der Waals surface area contributed by atoms with E-state index in [1.54, 1.807) is 9.80 Å². The van der Waals surface area contributed by atoms with E-state index in [9.17, 15) is 9.59 Å². The molecule has 6 nitrogen and oxygen atoms in total.